The van der Waals surface area contributed by atoms with Crippen molar-refractivity contribution in [1.29, 1.82) is 0 Å². The quantitative estimate of drug-likeness (QED) is 0.449. The van der Waals surface area contributed by atoms with Gasteiger partial charge in [0.1, 0.15) is 18.0 Å². The van der Waals surface area contributed by atoms with Gasteiger partial charge in [0.2, 0.25) is 5.91 Å². The lowest BCUT2D eigenvalue weighted by molar-refractivity contribution is -0.115. The summed E-state index contributed by atoms with van der Waals surface area (Å²) in [4.78, 5) is 29.3. The molecule has 0 saturated heterocycles. The van der Waals surface area contributed by atoms with E-state index >= 15 is 0 Å². The van der Waals surface area contributed by atoms with Gasteiger partial charge < -0.3 is 19.8 Å². The van der Waals surface area contributed by atoms with E-state index in [4.69, 9.17) is 4.74 Å². The number of carbonyl (C=O) groups is 2. The Kier molecular flexibility index (Phi) is 6.40. The smallest absolute Gasteiger partial charge is 0.251 e. The number of rotatable bonds is 7. The fraction of sp³-hybridized carbons (Fsp3) is 0.192. The summed E-state index contributed by atoms with van der Waals surface area (Å²) in [5.41, 5.74) is 6.00. The summed E-state index contributed by atoms with van der Waals surface area (Å²) in [5, 5.41) is 5.51. The number of nitrogens with zero attached hydrogens (tertiary/aromatic N) is 2. The summed E-state index contributed by atoms with van der Waals surface area (Å²) in [6.45, 7) is 6.09. The highest BCUT2D eigenvalue weighted by Gasteiger charge is 2.11. The minimum Gasteiger partial charge on any atom is -0.487 e. The van der Waals surface area contributed by atoms with Gasteiger partial charge in [-0.05, 0) is 67.8 Å². The predicted octanol–water partition coefficient (Wildman–Crippen LogP) is 4.21. The molecule has 2 aromatic heterocycles. The Hall–Kier alpha value is -4.13. The van der Waals surface area contributed by atoms with E-state index in [9.17, 15) is 9.59 Å². The van der Waals surface area contributed by atoms with Gasteiger partial charge in [0.15, 0.2) is 0 Å². The van der Waals surface area contributed by atoms with E-state index in [1.807, 2.05) is 67.9 Å². The number of amides is 2. The zero-order valence-corrected chi connectivity index (χ0v) is 18.9. The van der Waals surface area contributed by atoms with Crippen molar-refractivity contribution in [3.63, 3.8) is 0 Å². The van der Waals surface area contributed by atoms with Gasteiger partial charge in [-0.15, -0.1) is 0 Å². The van der Waals surface area contributed by atoms with E-state index in [1.165, 1.54) is 0 Å². The summed E-state index contributed by atoms with van der Waals surface area (Å²) in [6.07, 6.45) is 3.89. The molecule has 2 heterocycles. The van der Waals surface area contributed by atoms with E-state index < -0.39 is 0 Å². The van der Waals surface area contributed by atoms with Crippen molar-refractivity contribution in [2.75, 3.05) is 11.9 Å². The van der Waals surface area contributed by atoms with Gasteiger partial charge in [-0.2, -0.15) is 0 Å². The molecule has 0 saturated carbocycles. The highest BCUT2D eigenvalue weighted by Crippen LogP contribution is 2.19. The Bertz CT molecular complexity index is 1290. The maximum atomic E-state index is 12.4. The average Bonchev–Trinajstić information content (AvgIpc) is 3.23. The maximum absolute atomic E-state index is 12.4. The van der Waals surface area contributed by atoms with E-state index in [-0.39, 0.29) is 18.4 Å². The lowest BCUT2D eigenvalue weighted by atomic mass is 10.1. The molecule has 7 nitrogen and oxygen atoms in total. The van der Waals surface area contributed by atoms with Crippen molar-refractivity contribution in [3.8, 4) is 5.75 Å². The summed E-state index contributed by atoms with van der Waals surface area (Å²) < 4.78 is 7.78. The van der Waals surface area contributed by atoms with Crippen LogP contribution >= 0.6 is 0 Å². The first-order chi connectivity index (χ1) is 15.9. The van der Waals surface area contributed by atoms with E-state index in [2.05, 4.69) is 15.6 Å². The molecule has 2 aromatic carbocycles. The number of para-hydroxylation sites is 1. The van der Waals surface area contributed by atoms with Crippen LogP contribution in [-0.4, -0.2) is 27.7 Å². The lowest BCUT2D eigenvalue weighted by Crippen LogP contribution is -2.33. The van der Waals surface area contributed by atoms with Crippen LogP contribution in [0.5, 0.6) is 5.75 Å². The number of fused-ring (bicyclic) bond motifs is 1. The second-order valence-corrected chi connectivity index (χ2v) is 7.97. The number of aromatic nitrogens is 2. The normalized spacial score (nSPS) is 10.8. The molecule has 0 bridgehead atoms. The first-order valence-electron chi connectivity index (χ1n) is 10.7. The zero-order chi connectivity index (χ0) is 23.4. The molecule has 0 unspecified atom stereocenters. The summed E-state index contributed by atoms with van der Waals surface area (Å²) in [5.74, 6) is 0.0329. The Morgan fingerprint density at radius 1 is 0.939 bits per heavy atom. The molecule has 0 aliphatic carbocycles. The number of imidazole rings is 1. The molecular weight excluding hydrogens is 416 g/mol. The monoisotopic (exact) mass is 442 g/mol. The second-order valence-electron chi connectivity index (χ2n) is 7.97. The first kappa shape index (κ1) is 22.1. The number of aryl methyl sites for hydroxylation is 3. The topological polar surface area (TPSA) is 84.7 Å². The predicted molar refractivity (Wildman–Crippen MR) is 128 cm³/mol. The maximum Gasteiger partial charge on any atom is 0.251 e. The molecule has 0 spiro atoms. The van der Waals surface area contributed by atoms with Crippen LogP contribution in [0.15, 0.2) is 67.0 Å². The fourth-order valence-corrected chi connectivity index (χ4v) is 3.59. The van der Waals surface area contributed by atoms with Crippen molar-refractivity contribution in [2.45, 2.75) is 27.4 Å². The highest BCUT2D eigenvalue weighted by molar-refractivity contribution is 5.99. The largest absolute Gasteiger partial charge is 0.487 e. The Labute approximate surface area is 192 Å². The zero-order valence-electron chi connectivity index (χ0n) is 18.9. The van der Waals surface area contributed by atoms with Crippen molar-refractivity contribution in [3.05, 3.63) is 94.9 Å². The molecule has 4 rings (SSSR count). The number of carbonyl (C=O) groups excluding carboxylic acids is 2. The highest BCUT2D eigenvalue weighted by atomic mass is 16.5. The molecule has 2 N–H and O–H groups in total. The van der Waals surface area contributed by atoms with Crippen molar-refractivity contribution >= 4 is 23.1 Å². The molecule has 4 aromatic rings. The van der Waals surface area contributed by atoms with Gasteiger partial charge in [-0.1, -0.05) is 24.3 Å². The summed E-state index contributed by atoms with van der Waals surface area (Å²) in [6, 6.07) is 16.6. The van der Waals surface area contributed by atoms with Crippen LogP contribution in [0.2, 0.25) is 0 Å². The summed E-state index contributed by atoms with van der Waals surface area (Å²) in [7, 11) is 0. The van der Waals surface area contributed by atoms with Crippen LogP contribution in [0.4, 0.5) is 5.69 Å². The minimum atomic E-state index is -0.325. The SMILES string of the molecule is Cc1cccc(C)c1NC(=O)CNC(=O)c1ccc(OCc2cn3cccc(C)c3n2)cc1. The van der Waals surface area contributed by atoms with Gasteiger partial charge >= 0.3 is 0 Å². The van der Waals surface area contributed by atoms with Crippen molar-refractivity contribution in [1.82, 2.24) is 14.7 Å². The third kappa shape index (κ3) is 5.20. The number of nitrogens with one attached hydrogen (secondary N) is 2. The first-order valence-corrected chi connectivity index (χ1v) is 10.7. The summed E-state index contributed by atoms with van der Waals surface area (Å²) >= 11 is 0. The third-order valence-corrected chi connectivity index (χ3v) is 5.39. The van der Waals surface area contributed by atoms with E-state index in [1.54, 1.807) is 24.3 Å². The number of anilines is 1. The average molecular weight is 443 g/mol. The molecule has 33 heavy (non-hydrogen) atoms. The number of hydrogen-bond acceptors (Lipinski definition) is 4. The van der Waals surface area contributed by atoms with E-state index in [0.717, 1.165) is 33.7 Å². The number of pyridine rings is 1. The van der Waals surface area contributed by atoms with Gasteiger partial charge in [0, 0.05) is 23.6 Å². The number of benzene rings is 2. The fourth-order valence-electron chi connectivity index (χ4n) is 3.59. The molecule has 0 aliphatic heterocycles. The van der Waals surface area contributed by atoms with Crippen LogP contribution in [0.1, 0.15) is 32.7 Å². The second kappa shape index (κ2) is 9.56. The van der Waals surface area contributed by atoms with Crippen LogP contribution in [0, 0.1) is 20.8 Å². The number of hydrogen-bond donors (Lipinski definition) is 2. The van der Waals surface area contributed by atoms with Crippen LogP contribution < -0.4 is 15.4 Å². The van der Waals surface area contributed by atoms with E-state index in [0.29, 0.717) is 17.9 Å². The molecule has 0 radical (unpaired) electrons. The van der Waals surface area contributed by atoms with Crippen LogP contribution in [0.3, 0.4) is 0 Å². The molecule has 0 aliphatic rings. The molecule has 168 valence electrons. The molecule has 2 amide bonds. The minimum absolute atomic E-state index is 0.113. The molecule has 7 heteroatoms. The molecule has 0 fully saturated rings. The number of ether oxygens (including phenoxy) is 1. The van der Waals surface area contributed by atoms with Crippen molar-refractivity contribution in [2.24, 2.45) is 0 Å². The van der Waals surface area contributed by atoms with Crippen molar-refractivity contribution < 1.29 is 14.3 Å². The van der Waals surface area contributed by atoms with Gasteiger partial charge in [0.05, 0.1) is 12.2 Å². The van der Waals surface area contributed by atoms with Gasteiger partial charge in [0.25, 0.3) is 5.91 Å². The third-order valence-electron chi connectivity index (χ3n) is 5.39. The Morgan fingerprint density at radius 2 is 1.64 bits per heavy atom. The van der Waals surface area contributed by atoms with Gasteiger partial charge in [-0.3, -0.25) is 9.59 Å². The Morgan fingerprint density at radius 3 is 2.33 bits per heavy atom. The standard InChI is InChI=1S/C26H26N4O3/c1-17-6-4-7-18(2)24(17)29-23(31)14-27-26(32)20-9-11-22(12-10-20)33-16-21-15-30-13-5-8-19(3)25(30)28-21/h4-13,15H,14,16H2,1-3H3,(H,27,32)(H,29,31). The van der Waals surface area contributed by atoms with Gasteiger partial charge in [-0.25, -0.2) is 4.98 Å². The van der Waals surface area contributed by atoms with Crippen LogP contribution in [-0.2, 0) is 11.4 Å². The van der Waals surface area contributed by atoms with Crippen LogP contribution in [0.25, 0.3) is 5.65 Å². The lowest BCUT2D eigenvalue weighted by Gasteiger charge is -2.12. The molecule has 0 atom stereocenters. The molecular formula is C26H26N4O3. The Balaban J connectivity index is 1.29.